The first-order valence-electron chi connectivity index (χ1n) is 47.1. The first-order valence-corrected chi connectivity index (χ1v) is 47.1. The van der Waals surface area contributed by atoms with E-state index < -0.39 is 0 Å². The Kier molecular flexibility index (Phi) is 23.8. The van der Waals surface area contributed by atoms with Crippen LogP contribution in [0.4, 0.5) is 0 Å². The second kappa shape index (κ2) is 38.2. The molecule has 24 aromatic rings. The van der Waals surface area contributed by atoms with Gasteiger partial charge >= 0.3 is 0 Å². The minimum Gasteiger partial charge on any atom is -0.251 e. The minimum absolute atomic E-state index is 0.708. The molecule has 0 unspecified atom stereocenters. The van der Waals surface area contributed by atoms with E-state index in [9.17, 15) is 0 Å². The minimum atomic E-state index is 0.708. The molecule has 139 heavy (non-hydrogen) atoms. The Morgan fingerprint density at radius 1 is 0.151 bits per heavy atom. The molecule has 0 spiro atoms. The molecule has 0 radical (unpaired) electrons. The predicted molar refractivity (Wildman–Crippen MR) is 575 cm³/mol. The SMILES string of the molecule is CCc1ccc2ccc3c(C)cc(-c4cccc(-c5cccc(-c6cc(-c7ccccc7)cc(-c7ccccc7)n6)c5)c4)nc3c2n1.Cc1ccc2ccc3c(C)cc(-c4cccc(-c5cccc(-c6cc(-c7ccccc7)nc(-c7ccccc7)n6)c5)c4)nc3c2n1.Cc1ccc2ccc3c(C)cc(-c4cccc(-c5cccc(-c6cc(-c7ccccc7)nc(-c7ccccc7)n6)c5)c4)nc3c2n1. The topological polar surface area (TPSA) is 142 Å². The van der Waals surface area contributed by atoms with Crippen molar-refractivity contribution in [1.29, 1.82) is 0 Å². The highest BCUT2D eigenvalue weighted by atomic mass is 14.9. The van der Waals surface area contributed by atoms with E-state index in [4.69, 9.17) is 54.8 Å². The summed E-state index contributed by atoms with van der Waals surface area (Å²) in [5, 5.41) is 6.72. The van der Waals surface area contributed by atoms with Crippen molar-refractivity contribution in [3.63, 3.8) is 0 Å². The molecule has 0 aliphatic rings. The summed E-state index contributed by atoms with van der Waals surface area (Å²) in [5.74, 6) is 1.42. The summed E-state index contributed by atoms with van der Waals surface area (Å²) in [6.07, 6.45) is 0.895. The van der Waals surface area contributed by atoms with Gasteiger partial charge in [-0.2, -0.15) is 0 Å². The van der Waals surface area contributed by atoms with Gasteiger partial charge in [0.2, 0.25) is 0 Å². The van der Waals surface area contributed by atoms with Crippen molar-refractivity contribution in [3.05, 3.63) is 477 Å². The van der Waals surface area contributed by atoms with E-state index in [1.807, 2.05) is 92.7 Å². The molecule has 9 aromatic heterocycles. The summed E-state index contributed by atoms with van der Waals surface area (Å²) >= 11 is 0. The number of nitrogens with zero attached hydrogens (tertiary/aromatic N) is 11. The van der Waals surface area contributed by atoms with E-state index >= 15 is 0 Å². The van der Waals surface area contributed by atoms with Crippen molar-refractivity contribution in [3.8, 4) is 169 Å². The lowest BCUT2D eigenvalue weighted by Gasteiger charge is -2.12. The largest absolute Gasteiger partial charge is 0.251 e. The lowest BCUT2D eigenvalue weighted by atomic mass is 9.96. The van der Waals surface area contributed by atoms with Crippen LogP contribution in [0, 0.1) is 34.6 Å². The fourth-order valence-electron chi connectivity index (χ4n) is 18.5. The van der Waals surface area contributed by atoms with Gasteiger partial charge in [0.25, 0.3) is 0 Å². The number of hydrogen-bond acceptors (Lipinski definition) is 11. The van der Waals surface area contributed by atoms with Crippen LogP contribution in [0.5, 0.6) is 0 Å². The smallest absolute Gasteiger partial charge is 0.160 e. The third-order valence-corrected chi connectivity index (χ3v) is 25.8. The van der Waals surface area contributed by atoms with Gasteiger partial charge in [0.15, 0.2) is 11.6 Å². The van der Waals surface area contributed by atoms with Crippen molar-refractivity contribution in [2.45, 2.75) is 48.0 Å². The molecule has 0 fully saturated rings. The molecule has 9 heterocycles. The molecule has 11 heteroatoms. The number of rotatable bonds is 16. The number of aromatic nitrogens is 11. The molecule has 0 bridgehead atoms. The Morgan fingerprint density at radius 3 is 0.698 bits per heavy atom. The van der Waals surface area contributed by atoms with Gasteiger partial charge in [-0.3, -0.25) is 15.0 Å². The number of hydrogen-bond donors (Lipinski definition) is 0. The van der Waals surface area contributed by atoms with E-state index in [2.05, 4.69) is 392 Å². The van der Waals surface area contributed by atoms with Crippen LogP contribution in [0.2, 0.25) is 0 Å². The highest BCUT2D eigenvalue weighted by Crippen LogP contribution is 2.41. The Morgan fingerprint density at radius 2 is 0.388 bits per heavy atom. The lowest BCUT2D eigenvalue weighted by Crippen LogP contribution is -1.96. The van der Waals surface area contributed by atoms with Crippen LogP contribution < -0.4 is 0 Å². The summed E-state index contributed by atoms with van der Waals surface area (Å²) in [6.45, 7) is 12.7. The van der Waals surface area contributed by atoms with Gasteiger partial charge < -0.3 is 0 Å². The van der Waals surface area contributed by atoms with Gasteiger partial charge in [-0.1, -0.05) is 353 Å². The molecule has 0 saturated heterocycles. The zero-order valence-electron chi connectivity index (χ0n) is 77.8. The van der Waals surface area contributed by atoms with E-state index in [-0.39, 0.29) is 0 Å². The average molecular weight is 1790 g/mol. The van der Waals surface area contributed by atoms with Crippen LogP contribution >= 0.6 is 0 Å². The molecule has 0 amide bonds. The second-order valence-corrected chi connectivity index (χ2v) is 35.4. The van der Waals surface area contributed by atoms with Crippen LogP contribution in [0.15, 0.2) is 443 Å². The first-order chi connectivity index (χ1) is 68.3. The maximum atomic E-state index is 5.21. The lowest BCUT2D eigenvalue weighted by molar-refractivity contribution is 1.06. The molecule has 0 aliphatic heterocycles. The fourth-order valence-corrected chi connectivity index (χ4v) is 18.5. The zero-order valence-corrected chi connectivity index (χ0v) is 77.8. The Hall–Kier alpha value is -17.9. The highest BCUT2D eigenvalue weighted by molar-refractivity contribution is 6.08. The quantitative estimate of drug-likeness (QED) is 0.0853. The summed E-state index contributed by atoms with van der Waals surface area (Å²) < 4.78 is 0. The van der Waals surface area contributed by atoms with Gasteiger partial charge in [-0.15, -0.1) is 0 Å². The van der Waals surface area contributed by atoms with Gasteiger partial charge in [0.1, 0.15) is 0 Å². The number of fused-ring (bicyclic) bond motifs is 9. The number of benzene rings is 15. The van der Waals surface area contributed by atoms with Gasteiger partial charge in [-0.05, 0) is 199 Å². The van der Waals surface area contributed by atoms with Crippen LogP contribution in [0.25, 0.3) is 234 Å². The van der Waals surface area contributed by atoms with Crippen LogP contribution in [0.1, 0.15) is 40.7 Å². The zero-order chi connectivity index (χ0) is 93.8. The number of pyridine rings is 7. The second-order valence-electron chi connectivity index (χ2n) is 35.4. The molecule has 0 aliphatic carbocycles. The van der Waals surface area contributed by atoms with Crippen LogP contribution in [-0.2, 0) is 6.42 Å². The van der Waals surface area contributed by atoms with E-state index in [0.29, 0.717) is 11.6 Å². The average Bonchev–Trinajstić information content (AvgIpc) is 0.765. The Labute approximate surface area is 807 Å². The van der Waals surface area contributed by atoms with E-state index in [1.54, 1.807) is 0 Å². The predicted octanol–water partition coefficient (Wildman–Crippen LogP) is 32.4. The van der Waals surface area contributed by atoms with E-state index in [0.717, 1.165) is 240 Å². The van der Waals surface area contributed by atoms with Crippen molar-refractivity contribution in [2.75, 3.05) is 0 Å². The van der Waals surface area contributed by atoms with E-state index in [1.165, 1.54) is 22.3 Å². The van der Waals surface area contributed by atoms with Crippen LogP contribution in [0.3, 0.4) is 0 Å². The summed E-state index contributed by atoms with van der Waals surface area (Å²) in [7, 11) is 0. The molecule has 0 N–H and O–H groups in total. The third kappa shape index (κ3) is 18.3. The van der Waals surface area contributed by atoms with Gasteiger partial charge in [0.05, 0.1) is 84.3 Å². The molecule has 660 valence electrons. The summed E-state index contributed by atoms with van der Waals surface area (Å²) in [4.78, 5) is 55.4. The molecule has 15 aromatic carbocycles. The fraction of sp³-hybridized carbons (Fsp3) is 0.0547. The third-order valence-electron chi connectivity index (χ3n) is 25.8. The van der Waals surface area contributed by atoms with Crippen LogP contribution in [-0.4, -0.2) is 54.8 Å². The van der Waals surface area contributed by atoms with Gasteiger partial charge in [0, 0.05) is 111 Å². The maximum Gasteiger partial charge on any atom is 0.160 e. The van der Waals surface area contributed by atoms with Crippen molar-refractivity contribution >= 4 is 65.4 Å². The molecule has 0 atom stereocenters. The summed E-state index contributed by atoms with van der Waals surface area (Å²) in [6, 6.07) is 154. The Balaban J connectivity index is 0.000000120. The monoisotopic (exact) mass is 1780 g/mol. The molecular formula is C128H93N11. The van der Waals surface area contributed by atoms with Crippen molar-refractivity contribution < 1.29 is 0 Å². The van der Waals surface area contributed by atoms with Crippen molar-refractivity contribution in [1.82, 2.24) is 54.8 Å². The van der Waals surface area contributed by atoms with Crippen molar-refractivity contribution in [2.24, 2.45) is 0 Å². The normalized spacial score (nSPS) is 11.3. The molecule has 24 rings (SSSR count). The molecule has 11 nitrogen and oxygen atoms in total. The maximum absolute atomic E-state index is 5.21. The molecular weight excluding hydrogens is 1690 g/mol. The first kappa shape index (κ1) is 86.5. The number of aryl methyl sites for hydroxylation is 6. The summed E-state index contributed by atoms with van der Waals surface area (Å²) in [5.41, 5.74) is 41.2. The standard InChI is InChI=1S/C44H33N3.2C42H30N4/c1-3-38-22-20-32-21-23-39-29(2)24-40(47-44(39)43(32)45-38)35-18-10-16-33(25-35)34-17-11-19-36(26-34)42-28-37(30-12-6-4-7-13-30)27-41(46-42)31-14-8-5-9-15-31;2*1-27-23-37(44-41-36(27)22-21-30-20-19-28(2)43-40(30)41)34-17-9-15-32(24-34)33-16-10-18-35(25-33)39-26-38(29-11-5-3-6-12-29)45-42(46-39)31-13-7-4-8-14-31/h4-28H,3H2,1-2H3;2*3-26H,1-2H3. The molecule has 0 saturated carbocycles. The van der Waals surface area contributed by atoms with Gasteiger partial charge in [-0.25, -0.2) is 39.9 Å². The Bertz CT molecular complexity index is 8270. The highest BCUT2D eigenvalue weighted by Gasteiger charge is 2.21.